The van der Waals surface area contributed by atoms with Crippen molar-refractivity contribution >= 4 is 21.4 Å². The third kappa shape index (κ3) is 3.14. The summed E-state index contributed by atoms with van der Waals surface area (Å²) in [5, 5.41) is 21.7. The first-order valence-corrected chi connectivity index (χ1v) is 9.33. The van der Waals surface area contributed by atoms with Gasteiger partial charge >= 0.3 is 6.18 Å². The van der Waals surface area contributed by atoms with Crippen LogP contribution in [0.15, 0.2) is 42.7 Å². The van der Waals surface area contributed by atoms with Gasteiger partial charge in [-0.25, -0.2) is 4.39 Å². The first-order valence-electron chi connectivity index (χ1n) is 8.51. The number of phenols is 1. The molecule has 3 rings (SSSR count). The number of thiophene rings is 1. The maximum atomic E-state index is 14.2. The minimum Gasteiger partial charge on any atom is -0.508 e. The van der Waals surface area contributed by atoms with Crippen molar-refractivity contribution in [2.45, 2.75) is 38.0 Å². The Morgan fingerprint density at radius 2 is 1.79 bits per heavy atom. The lowest BCUT2D eigenvalue weighted by atomic mass is 9.65. The molecular weight excluding hydrogens is 394 g/mol. The smallest absolute Gasteiger partial charge is 0.422 e. The number of benzene rings is 1. The number of halogens is 4. The summed E-state index contributed by atoms with van der Waals surface area (Å²) in [6.45, 7) is 4.13. The van der Waals surface area contributed by atoms with Crippen LogP contribution >= 0.6 is 11.3 Å². The molecule has 0 spiro atoms. The summed E-state index contributed by atoms with van der Waals surface area (Å²) in [7, 11) is 0. The molecule has 8 heteroatoms. The van der Waals surface area contributed by atoms with Gasteiger partial charge in [0.1, 0.15) is 11.6 Å². The van der Waals surface area contributed by atoms with Crippen LogP contribution in [0.25, 0.3) is 10.1 Å². The highest BCUT2D eigenvalue weighted by Crippen LogP contribution is 2.54. The molecule has 2 N–H and O–H groups in total. The van der Waals surface area contributed by atoms with E-state index in [2.05, 4.69) is 4.98 Å². The monoisotopic (exact) mass is 413 g/mol. The molecule has 150 valence electrons. The molecule has 2 unspecified atom stereocenters. The second-order valence-electron chi connectivity index (χ2n) is 7.39. The Labute approximate surface area is 163 Å². The fourth-order valence-electron chi connectivity index (χ4n) is 3.45. The molecule has 0 radical (unpaired) electrons. The normalized spacial score (nSPS) is 16.1. The predicted octanol–water partition coefficient (Wildman–Crippen LogP) is 5.50. The Bertz CT molecular complexity index is 982. The Hall–Kier alpha value is -2.19. The summed E-state index contributed by atoms with van der Waals surface area (Å²) >= 11 is 0.831. The van der Waals surface area contributed by atoms with Gasteiger partial charge in [-0.3, -0.25) is 4.98 Å². The van der Waals surface area contributed by atoms with Crippen molar-refractivity contribution in [3.63, 3.8) is 0 Å². The van der Waals surface area contributed by atoms with Gasteiger partial charge in [0, 0.05) is 38.8 Å². The standard InChI is InChI=1S/C20H19F4NO2S/c1-11(18(2,3)14-9-13(21)4-5-15(14)26)19(27,20(22,23)24)17-8-12-10-25-7-6-16(12)28-17/h4-11,26-27H,1-3H3. The quantitative estimate of drug-likeness (QED) is 0.555. The van der Waals surface area contributed by atoms with Crippen LogP contribution in [0, 0.1) is 11.7 Å². The number of rotatable bonds is 4. The van der Waals surface area contributed by atoms with Crippen molar-refractivity contribution in [1.82, 2.24) is 4.98 Å². The maximum Gasteiger partial charge on any atom is 0.422 e. The summed E-state index contributed by atoms with van der Waals surface area (Å²) in [6.07, 6.45) is -2.10. The van der Waals surface area contributed by atoms with E-state index < -0.39 is 28.9 Å². The molecule has 2 heterocycles. The van der Waals surface area contributed by atoms with Gasteiger partial charge in [0.2, 0.25) is 0 Å². The first kappa shape index (κ1) is 20.5. The third-order valence-electron chi connectivity index (χ3n) is 5.49. The van der Waals surface area contributed by atoms with Gasteiger partial charge in [0.05, 0.1) is 0 Å². The van der Waals surface area contributed by atoms with Crippen molar-refractivity contribution in [3.05, 3.63) is 59.0 Å². The molecule has 0 aliphatic heterocycles. The number of aromatic hydroxyl groups is 1. The number of fused-ring (bicyclic) bond motifs is 1. The number of alkyl halides is 3. The van der Waals surface area contributed by atoms with E-state index in [1.165, 1.54) is 39.2 Å². The van der Waals surface area contributed by atoms with E-state index in [1.54, 1.807) is 6.07 Å². The van der Waals surface area contributed by atoms with E-state index >= 15 is 0 Å². The summed E-state index contributed by atoms with van der Waals surface area (Å²) in [5.74, 6) is -2.46. The van der Waals surface area contributed by atoms with Gasteiger partial charge in [0.15, 0.2) is 5.60 Å². The lowest BCUT2D eigenvalue weighted by Gasteiger charge is -2.44. The van der Waals surface area contributed by atoms with Crippen LogP contribution in [0.2, 0.25) is 0 Å². The molecule has 0 aliphatic carbocycles. The molecule has 3 nitrogen and oxygen atoms in total. The van der Waals surface area contributed by atoms with Gasteiger partial charge in [-0.05, 0) is 35.7 Å². The van der Waals surface area contributed by atoms with Crippen LogP contribution in [0.3, 0.4) is 0 Å². The number of hydrogen-bond acceptors (Lipinski definition) is 4. The van der Waals surface area contributed by atoms with Gasteiger partial charge in [-0.2, -0.15) is 13.2 Å². The SMILES string of the molecule is CC(C(C)(C)c1cc(F)ccc1O)C(O)(c1cc2cnccc2s1)C(F)(F)F. The van der Waals surface area contributed by atoms with Crippen molar-refractivity contribution in [3.8, 4) is 5.75 Å². The fourth-order valence-corrected chi connectivity index (χ4v) is 4.68. The minimum absolute atomic E-state index is 0.00884. The summed E-state index contributed by atoms with van der Waals surface area (Å²) < 4.78 is 56.9. The van der Waals surface area contributed by atoms with Gasteiger partial charge in [-0.15, -0.1) is 11.3 Å². The Morgan fingerprint density at radius 1 is 1.11 bits per heavy atom. The molecule has 2 atom stereocenters. The molecular formula is C20H19F4NO2S. The first-order chi connectivity index (χ1) is 12.9. The van der Waals surface area contributed by atoms with Crippen molar-refractivity contribution in [2.24, 2.45) is 5.92 Å². The zero-order valence-corrected chi connectivity index (χ0v) is 16.2. The molecule has 2 aromatic heterocycles. The number of nitrogens with zero attached hydrogens (tertiary/aromatic N) is 1. The maximum absolute atomic E-state index is 14.2. The van der Waals surface area contributed by atoms with Crippen LogP contribution in [0.1, 0.15) is 31.2 Å². The van der Waals surface area contributed by atoms with Gasteiger partial charge in [-0.1, -0.05) is 20.8 Å². The molecule has 28 heavy (non-hydrogen) atoms. The van der Waals surface area contributed by atoms with E-state index in [-0.39, 0.29) is 16.2 Å². The average Bonchev–Trinajstić information content (AvgIpc) is 3.05. The summed E-state index contributed by atoms with van der Waals surface area (Å²) in [5.41, 5.74) is -4.63. The Kier molecular flexibility index (Phi) is 4.92. The lowest BCUT2D eigenvalue weighted by molar-refractivity contribution is -0.290. The number of phenolic OH excluding ortho intramolecular Hbond substituents is 1. The summed E-state index contributed by atoms with van der Waals surface area (Å²) in [4.78, 5) is 3.62. The van der Waals surface area contributed by atoms with E-state index in [0.29, 0.717) is 10.1 Å². The molecule has 1 aromatic carbocycles. The number of aromatic nitrogens is 1. The third-order valence-corrected chi connectivity index (χ3v) is 6.73. The predicted molar refractivity (Wildman–Crippen MR) is 99.8 cm³/mol. The lowest BCUT2D eigenvalue weighted by Crippen LogP contribution is -2.53. The van der Waals surface area contributed by atoms with Crippen molar-refractivity contribution < 1.29 is 27.8 Å². The molecule has 0 saturated heterocycles. The molecule has 0 fully saturated rings. The van der Waals surface area contributed by atoms with Crippen molar-refractivity contribution in [2.75, 3.05) is 0 Å². The number of aliphatic hydroxyl groups is 1. The highest BCUT2D eigenvalue weighted by atomic mass is 32.1. The molecule has 0 amide bonds. The van der Waals surface area contributed by atoms with E-state index in [0.717, 1.165) is 29.5 Å². The molecule has 3 aromatic rings. The van der Waals surface area contributed by atoms with Crippen LogP contribution < -0.4 is 0 Å². The molecule has 0 saturated carbocycles. The average molecular weight is 413 g/mol. The number of pyridine rings is 1. The second-order valence-corrected chi connectivity index (χ2v) is 8.48. The van der Waals surface area contributed by atoms with Gasteiger partial charge < -0.3 is 10.2 Å². The molecule has 0 bridgehead atoms. The van der Waals surface area contributed by atoms with E-state index in [1.807, 2.05) is 0 Å². The van der Waals surface area contributed by atoms with Crippen LogP contribution in [0.4, 0.5) is 17.6 Å². The van der Waals surface area contributed by atoms with Gasteiger partial charge in [0.25, 0.3) is 0 Å². The second kappa shape index (κ2) is 6.70. The molecule has 0 aliphatic rings. The van der Waals surface area contributed by atoms with Crippen LogP contribution in [0.5, 0.6) is 5.75 Å². The zero-order chi connectivity index (χ0) is 20.9. The highest BCUT2D eigenvalue weighted by Gasteiger charge is 2.62. The van der Waals surface area contributed by atoms with Crippen LogP contribution in [-0.2, 0) is 11.0 Å². The fraction of sp³-hybridized carbons (Fsp3) is 0.350. The number of hydrogen-bond donors (Lipinski definition) is 2. The topological polar surface area (TPSA) is 53.4 Å². The van der Waals surface area contributed by atoms with Crippen molar-refractivity contribution in [1.29, 1.82) is 0 Å². The van der Waals surface area contributed by atoms with E-state index in [9.17, 15) is 27.8 Å². The van der Waals surface area contributed by atoms with E-state index in [4.69, 9.17) is 0 Å². The summed E-state index contributed by atoms with van der Waals surface area (Å²) in [6, 6.07) is 5.97. The zero-order valence-electron chi connectivity index (χ0n) is 15.4. The Balaban J connectivity index is 2.19. The highest BCUT2D eigenvalue weighted by molar-refractivity contribution is 7.19. The minimum atomic E-state index is -5.00. The van der Waals surface area contributed by atoms with Crippen LogP contribution in [-0.4, -0.2) is 21.4 Å². The largest absolute Gasteiger partial charge is 0.508 e. The Morgan fingerprint density at radius 3 is 2.39 bits per heavy atom.